The first-order valence-electron chi connectivity index (χ1n) is 6.10. The Kier molecular flexibility index (Phi) is 3.53. The maximum absolute atomic E-state index is 12.2. The number of nitrogens with one attached hydrogen (secondary N) is 2. The number of aromatic nitrogens is 5. The molecule has 0 spiro atoms. The average Bonchev–Trinajstić information content (AvgIpc) is 3.07. The minimum absolute atomic E-state index is 0.283. The van der Waals surface area contributed by atoms with Crippen LogP contribution in [0.2, 0.25) is 0 Å². The van der Waals surface area contributed by atoms with E-state index in [2.05, 4.69) is 41.5 Å². The lowest BCUT2D eigenvalue weighted by Gasteiger charge is -2.02. The summed E-state index contributed by atoms with van der Waals surface area (Å²) < 4.78 is 2.13. The highest BCUT2D eigenvalue weighted by atomic mass is 79.9. The van der Waals surface area contributed by atoms with Crippen LogP contribution in [0.4, 0.5) is 5.82 Å². The van der Waals surface area contributed by atoms with E-state index >= 15 is 0 Å². The summed E-state index contributed by atoms with van der Waals surface area (Å²) in [5, 5.41) is 13.7. The SMILES string of the molecule is Cn1ncc(Br)c1C(=O)Nc1cc(-c2ccncc2)[nH]n1. The Hall–Kier alpha value is -2.48. The normalized spacial score (nSPS) is 10.6. The second-order valence-electron chi connectivity index (χ2n) is 4.32. The predicted octanol–water partition coefficient (Wildman–Crippen LogP) is 2.22. The lowest BCUT2D eigenvalue weighted by Crippen LogP contribution is -2.16. The van der Waals surface area contributed by atoms with Crippen LogP contribution in [0.25, 0.3) is 11.3 Å². The zero-order chi connectivity index (χ0) is 14.8. The molecule has 0 bridgehead atoms. The number of hydrogen-bond donors (Lipinski definition) is 2. The molecule has 3 rings (SSSR count). The van der Waals surface area contributed by atoms with Gasteiger partial charge < -0.3 is 5.32 Å². The van der Waals surface area contributed by atoms with Gasteiger partial charge in [0.1, 0.15) is 5.69 Å². The van der Waals surface area contributed by atoms with Crippen LogP contribution in [0.1, 0.15) is 10.5 Å². The van der Waals surface area contributed by atoms with Crippen molar-refractivity contribution in [1.82, 2.24) is 25.0 Å². The number of aryl methyl sites for hydroxylation is 1. The van der Waals surface area contributed by atoms with Crippen LogP contribution in [0.3, 0.4) is 0 Å². The van der Waals surface area contributed by atoms with Gasteiger partial charge in [-0.05, 0) is 28.1 Å². The molecule has 3 aromatic heterocycles. The molecule has 0 saturated heterocycles. The quantitative estimate of drug-likeness (QED) is 0.760. The maximum atomic E-state index is 12.2. The van der Waals surface area contributed by atoms with Crippen LogP contribution >= 0.6 is 15.9 Å². The van der Waals surface area contributed by atoms with E-state index < -0.39 is 0 Å². The number of amides is 1. The number of rotatable bonds is 3. The summed E-state index contributed by atoms with van der Waals surface area (Å²) in [7, 11) is 1.70. The molecule has 0 unspecified atom stereocenters. The summed E-state index contributed by atoms with van der Waals surface area (Å²) in [5.41, 5.74) is 2.18. The number of pyridine rings is 1. The molecule has 8 heteroatoms. The van der Waals surface area contributed by atoms with E-state index in [0.29, 0.717) is 16.0 Å². The van der Waals surface area contributed by atoms with Crippen LogP contribution in [-0.4, -0.2) is 30.9 Å². The largest absolute Gasteiger partial charge is 0.304 e. The van der Waals surface area contributed by atoms with Gasteiger partial charge in [-0.3, -0.25) is 19.6 Å². The van der Waals surface area contributed by atoms with Gasteiger partial charge in [-0.1, -0.05) is 0 Å². The summed E-state index contributed by atoms with van der Waals surface area (Å²) in [4.78, 5) is 16.2. The van der Waals surface area contributed by atoms with Crippen LogP contribution in [0, 0.1) is 0 Å². The predicted molar refractivity (Wildman–Crippen MR) is 80.7 cm³/mol. The molecule has 0 aliphatic rings. The number of carbonyl (C=O) groups excluding carboxylic acids is 1. The minimum Gasteiger partial charge on any atom is -0.304 e. The molecule has 0 atom stereocenters. The number of H-pyrrole nitrogens is 1. The first kappa shape index (κ1) is 13.5. The highest BCUT2D eigenvalue weighted by molar-refractivity contribution is 9.10. The van der Waals surface area contributed by atoms with E-state index in [1.54, 1.807) is 31.7 Å². The molecular weight excluding hydrogens is 336 g/mol. The van der Waals surface area contributed by atoms with Crippen molar-refractivity contribution in [3.05, 3.63) is 47.0 Å². The van der Waals surface area contributed by atoms with Crippen molar-refractivity contribution in [1.29, 1.82) is 0 Å². The van der Waals surface area contributed by atoms with Crippen LogP contribution in [-0.2, 0) is 7.05 Å². The molecule has 0 fully saturated rings. The topological polar surface area (TPSA) is 88.5 Å². The van der Waals surface area contributed by atoms with E-state index in [0.717, 1.165) is 11.3 Å². The monoisotopic (exact) mass is 346 g/mol. The summed E-state index contributed by atoms with van der Waals surface area (Å²) in [6.07, 6.45) is 4.96. The fourth-order valence-corrected chi connectivity index (χ4v) is 2.44. The Morgan fingerprint density at radius 1 is 1.38 bits per heavy atom. The molecule has 0 aliphatic heterocycles. The average molecular weight is 347 g/mol. The lowest BCUT2D eigenvalue weighted by molar-refractivity contribution is 0.101. The maximum Gasteiger partial charge on any atom is 0.276 e. The van der Waals surface area contributed by atoms with Gasteiger partial charge in [-0.15, -0.1) is 0 Å². The van der Waals surface area contributed by atoms with Crippen LogP contribution < -0.4 is 5.32 Å². The Morgan fingerprint density at radius 3 is 2.81 bits per heavy atom. The fraction of sp³-hybridized carbons (Fsp3) is 0.0769. The zero-order valence-electron chi connectivity index (χ0n) is 11.0. The second-order valence-corrected chi connectivity index (χ2v) is 5.18. The molecule has 21 heavy (non-hydrogen) atoms. The number of carbonyl (C=O) groups is 1. The Balaban J connectivity index is 1.81. The third kappa shape index (κ3) is 2.70. The van der Waals surface area contributed by atoms with Gasteiger partial charge in [-0.25, -0.2) is 0 Å². The van der Waals surface area contributed by atoms with Gasteiger partial charge in [0.2, 0.25) is 0 Å². The molecule has 0 aromatic carbocycles. The molecule has 3 heterocycles. The Morgan fingerprint density at radius 2 is 2.14 bits per heavy atom. The van der Waals surface area contributed by atoms with Gasteiger partial charge in [-0.2, -0.15) is 10.2 Å². The van der Waals surface area contributed by atoms with E-state index in [-0.39, 0.29) is 5.91 Å². The van der Waals surface area contributed by atoms with Gasteiger partial charge in [0.05, 0.1) is 16.4 Å². The molecule has 0 aliphatic carbocycles. The molecule has 7 nitrogen and oxygen atoms in total. The highest BCUT2D eigenvalue weighted by Crippen LogP contribution is 2.20. The Bertz CT molecular complexity index is 760. The van der Waals surface area contributed by atoms with E-state index in [1.807, 2.05) is 12.1 Å². The number of nitrogens with zero attached hydrogens (tertiary/aromatic N) is 4. The first-order valence-corrected chi connectivity index (χ1v) is 6.89. The van der Waals surface area contributed by atoms with Gasteiger partial charge in [0.25, 0.3) is 5.91 Å². The van der Waals surface area contributed by atoms with Crippen molar-refractivity contribution < 1.29 is 4.79 Å². The molecule has 0 radical (unpaired) electrons. The van der Waals surface area contributed by atoms with Crippen molar-refractivity contribution in [3.8, 4) is 11.3 Å². The molecule has 2 N–H and O–H groups in total. The highest BCUT2D eigenvalue weighted by Gasteiger charge is 2.16. The molecular formula is C13H11BrN6O. The third-order valence-electron chi connectivity index (χ3n) is 2.92. The van der Waals surface area contributed by atoms with Crippen molar-refractivity contribution in [2.24, 2.45) is 7.05 Å². The van der Waals surface area contributed by atoms with Crippen LogP contribution in [0.5, 0.6) is 0 Å². The Labute approximate surface area is 128 Å². The summed E-state index contributed by atoms with van der Waals surface area (Å²) >= 11 is 3.29. The van der Waals surface area contributed by atoms with Crippen molar-refractivity contribution in [2.45, 2.75) is 0 Å². The summed E-state index contributed by atoms with van der Waals surface area (Å²) in [6.45, 7) is 0. The van der Waals surface area contributed by atoms with Gasteiger partial charge >= 0.3 is 0 Å². The van der Waals surface area contributed by atoms with Crippen molar-refractivity contribution >= 4 is 27.7 Å². The van der Waals surface area contributed by atoms with E-state index in [4.69, 9.17) is 0 Å². The molecule has 3 aromatic rings. The summed E-state index contributed by atoms with van der Waals surface area (Å²) in [6, 6.07) is 5.48. The van der Waals surface area contributed by atoms with Gasteiger partial charge in [0.15, 0.2) is 5.82 Å². The first-order chi connectivity index (χ1) is 10.1. The summed E-state index contributed by atoms with van der Waals surface area (Å²) in [5.74, 6) is 0.162. The van der Waals surface area contributed by atoms with E-state index in [1.165, 1.54) is 4.68 Å². The number of aromatic amines is 1. The molecule has 1 amide bonds. The van der Waals surface area contributed by atoms with Crippen molar-refractivity contribution in [3.63, 3.8) is 0 Å². The van der Waals surface area contributed by atoms with Crippen molar-refractivity contribution in [2.75, 3.05) is 5.32 Å². The molecule has 0 saturated carbocycles. The fourth-order valence-electron chi connectivity index (χ4n) is 1.91. The van der Waals surface area contributed by atoms with E-state index in [9.17, 15) is 4.79 Å². The standard InChI is InChI=1S/C13H11BrN6O/c1-20-12(9(14)7-16-20)13(21)17-11-6-10(18-19-11)8-2-4-15-5-3-8/h2-7H,1H3,(H2,17,18,19,21). The second kappa shape index (κ2) is 5.49. The third-order valence-corrected chi connectivity index (χ3v) is 3.50. The minimum atomic E-state index is -0.283. The number of hydrogen-bond acceptors (Lipinski definition) is 4. The smallest absolute Gasteiger partial charge is 0.276 e. The zero-order valence-corrected chi connectivity index (χ0v) is 12.6. The van der Waals surface area contributed by atoms with Gasteiger partial charge in [0, 0.05) is 31.1 Å². The molecule has 106 valence electrons. The lowest BCUT2D eigenvalue weighted by atomic mass is 10.2. The van der Waals surface area contributed by atoms with Crippen LogP contribution in [0.15, 0.2) is 41.3 Å². The number of anilines is 1. The number of halogens is 1.